The number of anilines is 1. The molecule has 7 heteroatoms. The van der Waals surface area contributed by atoms with Crippen LogP contribution in [-0.2, 0) is 9.84 Å². The normalized spacial score (nSPS) is 19.4. The standard InChI is InChI=1S/C16H20N2O4S/c1-22-12-2-3-14-13(10-12)15(4-7-17-14)18-11-16(19)5-8-23(20,21)9-6-16/h2-4,7,10,19H,5-6,8-9,11H2,1H3,(H,17,18). The second kappa shape index (κ2) is 5.98. The molecule has 1 aromatic heterocycles. The number of aromatic nitrogens is 1. The number of benzene rings is 1. The van der Waals surface area contributed by atoms with Gasteiger partial charge >= 0.3 is 0 Å². The first-order chi connectivity index (χ1) is 10.9. The van der Waals surface area contributed by atoms with Crippen molar-refractivity contribution in [3.63, 3.8) is 0 Å². The van der Waals surface area contributed by atoms with Gasteiger partial charge in [0.05, 0.1) is 29.7 Å². The van der Waals surface area contributed by atoms with Crippen molar-refractivity contribution in [2.24, 2.45) is 0 Å². The van der Waals surface area contributed by atoms with Crippen LogP contribution in [0, 0.1) is 0 Å². The molecule has 0 unspecified atom stereocenters. The number of fused-ring (bicyclic) bond motifs is 1. The summed E-state index contributed by atoms with van der Waals surface area (Å²) in [5.74, 6) is 0.808. The van der Waals surface area contributed by atoms with Gasteiger partial charge in [-0.25, -0.2) is 8.42 Å². The molecule has 0 amide bonds. The third kappa shape index (κ3) is 3.56. The van der Waals surface area contributed by atoms with E-state index in [9.17, 15) is 13.5 Å². The van der Waals surface area contributed by atoms with E-state index in [1.807, 2.05) is 24.3 Å². The van der Waals surface area contributed by atoms with Crippen LogP contribution < -0.4 is 10.1 Å². The van der Waals surface area contributed by atoms with Crippen molar-refractivity contribution >= 4 is 26.4 Å². The molecule has 6 nitrogen and oxygen atoms in total. The monoisotopic (exact) mass is 336 g/mol. The smallest absolute Gasteiger partial charge is 0.150 e. The summed E-state index contributed by atoms with van der Waals surface area (Å²) in [6.45, 7) is 0.304. The Morgan fingerprint density at radius 2 is 2.04 bits per heavy atom. The molecule has 124 valence electrons. The molecule has 1 aromatic carbocycles. The number of pyridine rings is 1. The number of hydrogen-bond donors (Lipinski definition) is 2. The summed E-state index contributed by atoms with van der Waals surface area (Å²) < 4.78 is 28.3. The minimum Gasteiger partial charge on any atom is -0.497 e. The van der Waals surface area contributed by atoms with Crippen LogP contribution >= 0.6 is 0 Å². The Balaban J connectivity index is 1.79. The maximum Gasteiger partial charge on any atom is 0.150 e. The number of sulfone groups is 1. The summed E-state index contributed by atoms with van der Waals surface area (Å²) in [4.78, 5) is 4.31. The number of aliphatic hydroxyl groups is 1. The predicted molar refractivity (Wildman–Crippen MR) is 89.6 cm³/mol. The summed E-state index contributed by atoms with van der Waals surface area (Å²) in [6.07, 6.45) is 2.22. The molecule has 1 aliphatic rings. The van der Waals surface area contributed by atoms with Crippen molar-refractivity contribution in [3.05, 3.63) is 30.5 Å². The van der Waals surface area contributed by atoms with E-state index in [2.05, 4.69) is 10.3 Å². The van der Waals surface area contributed by atoms with Gasteiger partial charge in [-0.3, -0.25) is 4.98 Å². The van der Waals surface area contributed by atoms with Gasteiger partial charge in [-0.1, -0.05) is 0 Å². The number of rotatable bonds is 4. The van der Waals surface area contributed by atoms with Crippen LogP contribution in [0.25, 0.3) is 10.9 Å². The summed E-state index contributed by atoms with van der Waals surface area (Å²) in [5, 5.41) is 14.7. The quantitative estimate of drug-likeness (QED) is 0.881. The zero-order valence-corrected chi connectivity index (χ0v) is 13.8. The van der Waals surface area contributed by atoms with Crippen LogP contribution in [0.4, 0.5) is 5.69 Å². The van der Waals surface area contributed by atoms with Gasteiger partial charge in [0, 0.05) is 23.8 Å². The summed E-state index contributed by atoms with van der Waals surface area (Å²) in [5.41, 5.74) is 0.671. The van der Waals surface area contributed by atoms with E-state index in [4.69, 9.17) is 4.74 Å². The van der Waals surface area contributed by atoms with Crippen molar-refractivity contribution < 1.29 is 18.3 Å². The number of ether oxygens (including phenoxy) is 1. The molecule has 0 radical (unpaired) electrons. The molecule has 0 spiro atoms. The van der Waals surface area contributed by atoms with E-state index in [0.717, 1.165) is 22.3 Å². The average molecular weight is 336 g/mol. The van der Waals surface area contributed by atoms with E-state index >= 15 is 0 Å². The van der Waals surface area contributed by atoms with Gasteiger partial charge in [-0.2, -0.15) is 0 Å². The topological polar surface area (TPSA) is 88.5 Å². The molecule has 0 atom stereocenters. The minimum atomic E-state index is -2.99. The molecule has 1 aliphatic heterocycles. The molecule has 2 aromatic rings. The van der Waals surface area contributed by atoms with Gasteiger partial charge in [-0.15, -0.1) is 0 Å². The van der Waals surface area contributed by atoms with Crippen molar-refractivity contribution in [2.75, 3.05) is 30.5 Å². The third-order valence-electron chi connectivity index (χ3n) is 4.31. The number of nitrogens with zero attached hydrogens (tertiary/aromatic N) is 1. The number of methoxy groups -OCH3 is 1. The van der Waals surface area contributed by atoms with E-state index in [-0.39, 0.29) is 24.3 Å². The first-order valence-electron chi connectivity index (χ1n) is 7.50. The zero-order chi connectivity index (χ0) is 16.5. The van der Waals surface area contributed by atoms with Crippen LogP contribution in [0.5, 0.6) is 5.75 Å². The van der Waals surface area contributed by atoms with Crippen LogP contribution in [0.1, 0.15) is 12.8 Å². The van der Waals surface area contributed by atoms with Gasteiger partial charge in [-0.05, 0) is 37.1 Å². The molecule has 2 N–H and O–H groups in total. The van der Waals surface area contributed by atoms with Crippen molar-refractivity contribution in [1.29, 1.82) is 0 Å². The molecule has 0 saturated carbocycles. The largest absolute Gasteiger partial charge is 0.497 e. The number of nitrogens with one attached hydrogen (secondary N) is 1. The third-order valence-corrected chi connectivity index (χ3v) is 5.97. The Morgan fingerprint density at radius 3 is 2.74 bits per heavy atom. The van der Waals surface area contributed by atoms with Crippen molar-refractivity contribution in [2.45, 2.75) is 18.4 Å². The van der Waals surface area contributed by atoms with Gasteiger partial charge < -0.3 is 15.2 Å². The Labute approximate surface area is 135 Å². The average Bonchev–Trinajstić information content (AvgIpc) is 2.56. The molecule has 2 heterocycles. The molecule has 23 heavy (non-hydrogen) atoms. The van der Waals surface area contributed by atoms with Crippen LogP contribution in [0.2, 0.25) is 0 Å². The highest BCUT2D eigenvalue weighted by atomic mass is 32.2. The predicted octanol–water partition coefficient (Wildman–Crippen LogP) is 1.59. The van der Waals surface area contributed by atoms with E-state index in [0.29, 0.717) is 6.54 Å². The fraction of sp³-hybridized carbons (Fsp3) is 0.438. The van der Waals surface area contributed by atoms with E-state index in [1.165, 1.54) is 0 Å². The van der Waals surface area contributed by atoms with E-state index < -0.39 is 15.4 Å². The second-order valence-corrected chi connectivity index (χ2v) is 8.27. The Morgan fingerprint density at radius 1 is 1.30 bits per heavy atom. The molecule has 3 rings (SSSR count). The van der Waals surface area contributed by atoms with Gasteiger partial charge in [0.15, 0.2) is 9.84 Å². The Kier molecular flexibility index (Phi) is 4.16. The molecule has 1 fully saturated rings. The Hall–Kier alpha value is -1.86. The maximum absolute atomic E-state index is 11.5. The molecular formula is C16H20N2O4S. The highest BCUT2D eigenvalue weighted by molar-refractivity contribution is 7.91. The van der Waals surface area contributed by atoms with Crippen LogP contribution in [-0.4, -0.2) is 49.3 Å². The van der Waals surface area contributed by atoms with Gasteiger partial charge in [0.1, 0.15) is 5.75 Å². The van der Waals surface area contributed by atoms with Crippen molar-refractivity contribution in [1.82, 2.24) is 4.98 Å². The van der Waals surface area contributed by atoms with Gasteiger partial charge in [0.2, 0.25) is 0 Å². The maximum atomic E-state index is 11.5. The summed E-state index contributed by atoms with van der Waals surface area (Å²) in [6, 6.07) is 7.45. The summed E-state index contributed by atoms with van der Waals surface area (Å²) in [7, 11) is -1.39. The zero-order valence-electron chi connectivity index (χ0n) is 12.9. The van der Waals surface area contributed by atoms with Gasteiger partial charge in [0.25, 0.3) is 0 Å². The fourth-order valence-electron chi connectivity index (χ4n) is 2.76. The van der Waals surface area contributed by atoms with Crippen LogP contribution in [0.15, 0.2) is 30.5 Å². The first kappa shape index (κ1) is 16.0. The van der Waals surface area contributed by atoms with Crippen LogP contribution in [0.3, 0.4) is 0 Å². The van der Waals surface area contributed by atoms with Crippen molar-refractivity contribution in [3.8, 4) is 5.75 Å². The molecular weight excluding hydrogens is 316 g/mol. The molecule has 0 aliphatic carbocycles. The fourth-order valence-corrected chi connectivity index (χ4v) is 4.35. The summed E-state index contributed by atoms with van der Waals surface area (Å²) >= 11 is 0. The minimum absolute atomic E-state index is 0.0378. The molecule has 1 saturated heterocycles. The lowest BCUT2D eigenvalue weighted by Gasteiger charge is -2.32. The lowest BCUT2D eigenvalue weighted by molar-refractivity contribution is 0.0436. The molecule has 0 bridgehead atoms. The highest BCUT2D eigenvalue weighted by Crippen LogP contribution is 2.28. The Bertz CT molecular complexity index is 806. The lowest BCUT2D eigenvalue weighted by atomic mass is 9.96. The highest BCUT2D eigenvalue weighted by Gasteiger charge is 2.35. The first-order valence-corrected chi connectivity index (χ1v) is 9.32. The van der Waals surface area contributed by atoms with E-state index in [1.54, 1.807) is 13.3 Å². The SMILES string of the molecule is COc1ccc2nccc(NCC3(O)CCS(=O)(=O)CC3)c2c1. The second-order valence-electron chi connectivity index (χ2n) is 5.97. The lowest BCUT2D eigenvalue weighted by Crippen LogP contribution is -2.44. The number of hydrogen-bond acceptors (Lipinski definition) is 6.